The minimum Gasteiger partial charge on any atom is -0.379 e. The van der Waals surface area contributed by atoms with Crippen molar-refractivity contribution in [3.05, 3.63) is 34.4 Å². The maximum Gasteiger partial charge on any atom is 0.271 e. The fourth-order valence-corrected chi connectivity index (χ4v) is 4.46. The van der Waals surface area contributed by atoms with Crippen LogP contribution in [-0.4, -0.2) is 75.8 Å². The van der Waals surface area contributed by atoms with E-state index in [1.807, 2.05) is 0 Å². The average molecular weight is 429 g/mol. The lowest BCUT2D eigenvalue weighted by Crippen LogP contribution is -2.49. The van der Waals surface area contributed by atoms with Crippen molar-refractivity contribution in [3.8, 4) is 0 Å². The Labute approximate surface area is 171 Å². The van der Waals surface area contributed by atoms with E-state index in [1.165, 1.54) is 18.2 Å². The van der Waals surface area contributed by atoms with E-state index in [0.29, 0.717) is 19.8 Å². The molecule has 1 aromatic rings. The molecule has 0 aliphatic carbocycles. The predicted molar refractivity (Wildman–Crippen MR) is 109 cm³/mol. The predicted octanol–water partition coefficient (Wildman–Crippen LogP) is 0.978. The van der Waals surface area contributed by atoms with Crippen LogP contribution < -0.4 is 9.62 Å². The largest absolute Gasteiger partial charge is 0.379 e. The Morgan fingerprint density at radius 2 is 2.07 bits per heavy atom. The summed E-state index contributed by atoms with van der Waals surface area (Å²) >= 11 is 0. The molecule has 29 heavy (non-hydrogen) atoms. The first-order valence-corrected chi connectivity index (χ1v) is 11.4. The number of hydrogen-bond donors (Lipinski definition) is 1. The molecule has 1 aliphatic heterocycles. The SMILES string of the molecule is CCC(C(=O)NCCCN1CCOCC1)N(c1cccc([N+](=O)[O-])c1)S(C)(=O)=O. The molecular weight excluding hydrogens is 400 g/mol. The summed E-state index contributed by atoms with van der Waals surface area (Å²) in [6, 6.07) is 4.29. The Morgan fingerprint density at radius 1 is 1.38 bits per heavy atom. The van der Waals surface area contributed by atoms with Crippen LogP contribution in [0.5, 0.6) is 0 Å². The van der Waals surface area contributed by atoms with E-state index in [9.17, 15) is 23.3 Å². The first-order valence-electron chi connectivity index (χ1n) is 9.55. The maximum atomic E-state index is 12.7. The van der Waals surface area contributed by atoms with E-state index >= 15 is 0 Å². The minimum atomic E-state index is -3.84. The molecule has 1 aromatic carbocycles. The number of sulfonamides is 1. The van der Waals surface area contributed by atoms with E-state index in [2.05, 4.69) is 10.2 Å². The third-order valence-electron chi connectivity index (χ3n) is 4.68. The van der Waals surface area contributed by atoms with Crippen molar-refractivity contribution < 1.29 is 22.9 Å². The van der Waals surface area contributed by atoms with Gasteiger partial charge in [-0.05, 0) is 25.5 Å². The molecule has 1 fully saturated rings. The number of nitrogens with zero attached hydrogens (tertiary/aromatic N) is 3. The van der Waals surface area contributed by atoms with Gasteiger partial charge in [0.1, 0.15) is 6.04 Å². The van der Waals surface area contributed by atoms with Crippen LogP contribution in [-0.2, 0) is 19.6 Å². The number of nitro groups is 1. The standard InChI is InChI=1S/C18H28N4O6S/c1-3-17(18(23)19-8-5-9-20-10-12-28-13-11-20)21(29(2,26)27)15-6-4-7-16(14-15)22(24)25/h4,6-7,14,17H,3,5,8-13H2,1-2H3,(H,19,23). The van der Waals surface area contributed by atoms with Crippen LogP contribution in [0.15, 0.2) is 24.3 Å². The van der Waals surface area contributed by atoms with Crippen LogP contribution in [0.1, 0.15) is 19.8 Å². The molecule has 0 spiro atoms. The molecule has 1 aliphatic rings. The van der Waals surface area contributed by atoms with E-state index in [-0.39, 0.29) is 17.8 Å². The summed E-state index contributed by atoms with van der Waals surface area (Å²) in [5.74, 6) is -0.425. The van der Waals surface area contributed by atoms with Crippen molar-refractivity contribution in [2.45, 2.75) is 25.8 Å². The maximum absolute atomic E-state index is 12.7. The topological polar surface area (TPSA) is 122 Å². The van der Waals surface area contributed by atoms with Crippen LogP contribution in [0.25, 0.3) is 0 Å². The highest BCUT2D eigenvalue weighted by molar-refractivity contribution is 7.92. The number of anilines is 1. The van der Waals surface area contributed by atoms with Crippen LogP contribution >= 0.6 is 0 Å². The Bertz CT molecular complexity index is 810. The zero-order valence-electron chi connectivity index (χ0n) is 16.7. The normalized spacial score (nSPS) is 16.2. The molecule has 1 N–H and O–H groups in total. The quantitative estimate of drug-likeness (QED) is 0.335. The lowest BCUT2D eigenvalue weighted by molar-refractivity contribution is -0.384. The number of rotatable bonds is 10. The zero-order valence-corrected chi connectivity index (χ0v) is 17.6. The van der Waals surface area contributed by atoms with Crippen molar-refractivity contribution in [3.63, 3.8) is 0 Å². The highest BCUT2D eigenvalue weighted by Crippen LogP contribution is 2.26. The van der Waals surface area contributed by atoms with E-state index in [4.69, 9.17) is 4.74 Å². The first kappa shape index (κ1) is 23.0. The van der Waals surface area contributed by atoms with Gasteiger partial charge < -0.3 is 10.1 Å². The molecule has 0 aromatic heterocycles. The third-order valence-corrected chi connectivity index (χ3v) is 5.86. The highest BCUT2D eigenvalue weighted by atomic mass is 32.2. The van der Waals surface area contributed by atoms with Crippen molar-refractivity contribution >= 4 is 27.3 Å². The van der Waals surface area contributed by atoms with Crippen LogP contribution in [0.3, 0.4) is 0 Å². The van der Waals surface area contributed by atoms with Crippen molar-refractivity contribution in [2.24, 2.45) is 0 Å². The first-order chi connectivity index (χ1) is 13.7. The molecule has 10 nitrogen and oxygen atoms in total. The Morgan fingerprint density at radius 3 is 2.66 bits per heavy atom. The number of carbonyl (C=O) groups is 1. The van der Waals surface area contributed by atoms with Gasteiger partial charge in [-0.3, -0.25) is 24.1 Å². The fraction of sp³-hybridized carbons (Fsp3) is 0.611. The second-order valence-electron chi connectivity index (χ2n) is 6.86. The van der Waals surface area contributed by atoms with Crippen molar-refractivity contribution in [1.82, 2.24) is 10.2 Å². The number of amides is 1. The van der Waals surface area contributed by atoms with Gasteiger partial charge in [0.2, 0.25) is 15.9 Å². The number of carbonyl (C=O) groups excluding carboxylic acids is 1. The number of benzene rings is 1. The van der Waals surface area contributed by atoms with Gasteiger partial charge in [0.25, 0.3) is 5.69 Å². The summed E-state index contributed by atoms with van der Waals surface area (Å²) in [5, 5.41) is 13.8. The molecule has 2 rings (SSSR count). The number of nitro benzene ring substituents is 1. The molecule has 1 amide bonds. The van der Waals surface area contributed by atoms with Crippen LogP contribution in [0, 0.1) is 10.1 Å². The highest BCUT2D eigenvalue weighted by Gasteiger charge is 2.32. The number of nitrogens with one attached hydrogen (secondary N) is 1. The van der Waals surface area contributed by atoms with Crippen molar-refractivity contribution in [1.29, 1.82) is 0 Å². The lowest BCUT2D eigenvalue weighted by atomic mass is 10.2. The summed E-state index contributed by atoms with van der Waals surface area (Å²) in [5.41, 5.74) is -0.145. The van der Waals surface area contributed by atoms with Crippen LogP contribution in [0.2, 0.25) is 0 Å². The van der Waals surface area contributed by atoms with Gasteiger partial charge in [0.15, 0.2) is 0 Å². The van der Waals surface area contributed by atoms with Crippen molar-refractivity contribution in [2.75, 3.05) is 50.0 Å². The van der Waals surface area contributed by atoms with Gasteiger partial charge in [-0.1, -0.05) is 13.0 Å². The molecule has 1 unspecified atom stereocenters. The average Bonchev–Trinajstić information content (AvgIpc) is 2.69. The second kappa shape index (κ2) is 10.5. The van der Waals surface area contributed by atoms with Gasteiger partial charge in [-0.15, -0.1) is 0 Å². The number of ether oxygens (including phenoxy) is 1. The zero-order chi connectivity index (χ0) is 21.4. The fourth-order valence-electron chi connectivity index (χ4n) is 3.26. The molecule has 11 heteroatoms. The molecular formula is C18H28N4O6S. The second-order valence-corrected chi connectivity index (χ2v) is 8.72. The number of non-ortho nitro benzene ring substituents is 1. The summed E-state index contributed by atoms with van der Waals surface area (Å²) in [6.45, 7) is 6.07. The molecule has 0 radical (unpaired) electrons. The Kier molecular flexibility index (Phi) is 8.35. The van der Waals surface area contributed by atoms with E-state index < -0.39 is 26.9 Å². The van der Waals surface area contributed by atoms with Gasteiger partial charge in [-0.25, -0.2) is 8.42 Å². The molecule has 0 saturated carbocycles. The molecule has 162 valence electrons. The smallest absolute Gasteiger partial charge is 0.271 e. The summed E-state index contributed by atoms with van der Waals surface area (Å²) in [6.07, 6.45) is 1.95. The number of morpholine rings is 1. The minimum absolute atomic E-state index is 0.0945. The van der Waals surface area contributed by atoms with Gasteiger partial charge in [0.05, 0.1) is 30.1 Å². The molecule has 1 heterocycles. The van der Waals surface area contributed by atoms with Gasteiger partial charge in [-0.2, -0.15) is 0 Å². The Balaban J connectivity index is 2.06. The molecule has 1 saturated heterocycles. The monoisotopic (exact) mass is 428 g/mol. The Hall–Kier alpha value is -2.24. The number of hydrogen-bond acceptors (Lipinski definition) is 7. The molecule has 0 bridgehead atoms. The van der Waals surface area contributed by atoms with Gasteiger partial charge in [0, 0.05) is 31.8 Å². The van der Waals surface area contributed by atoms with E-state index in [0.717, 1.165) is 42.7 Å². The van der Waals surface area contributed by atoms with Gasteiger partial charge >= 0.3 is 0 Å². The van der Waals surface area contributed by atoms with E-state index in [1.54, 1.807) is 6.92 Å². The molecule has 1 atom stereocenters. The summed E-state index contributed by atoms with van der Waals surface area (Å²) in [7, 11) is -3.84. The lowest BCUT2D eigenvalue weighted by Gasteiger charge is -2.30. The third kappa shape index (κ3) is 6.65. The summed E-state index contributed by atoms with van der Waals surface area (Å²) < 4.78 is 31.1. The summed E-state index contributed by atoms with van der Waals surface area (Å²) in [4.78, 5) is 25.4. The van der Waals surface area contributed by atoms with Crippen LogP contribution in [0.4, 0.5) is 11.4 Å².